The Morgan fingerprint density at radius 1 is 1.00 bits per heavy atom. The Balaban J connectivity index is 1.58. The van der Waals surface area contributed by atoms with Crippen molar-refractivity contribution in [2.24, 2.45) is 0 Å². The minimum absolute atomic E-state index is 0.242. The summed E-state index contributed by atoms with van der Waals surface area (Å²) in [6.45, 7) is 4.29. The monoisotopic (exact) mass is 338 g/mol. The zero-order chi connectivity index (χ0) is 17.6. The van der Waals surface area contributed by atoms with Gasteiger partial charge in [0.1, 0.15) is 5.82 Å². The molecule has 25 heavy (non-hydrogen) atoms. The quantitative estimate of drug-likeness (QED) is 0.836. The van der Waals surface area contributed by atoms with E-state index in [1.165, 1.54) is 37.7 Å². The van der Waals surface area contributed by atoms with Gasteiger partial charge in [-0.15, -0.1) is 10.2 Å². The second-order valence-electron chi connectivity index (χ2n) is 7.01. The normalized spacial score (nSPS) is 15.2. The maximum absolute atomic E-state index is 12.3. The van der Waals surface area contributed by atoms with Crippen LogP contribution in [0.2, 0.25) is 0 Å². The van der Waals surface area contributed by atoms with Crippen molar-refractivity contribution < 1.29 is 4.79 Å². The lowest BCUT2D eigenvalue weighted by molar-refractivity contribution is 0.102. The largest absolute Gasteiger partial charge is 0.366 e. The molecule has 2 aromatic rings. The fourth-order valence-electron chi connectivity index (χ4n) is 3.13. The number of amides is 1. The second-order valence-corrected chi connectivity index (χ2v) is 7.01. The highest BCUT2D eigenvalue weighted by Gasteiger charge is 2.14. The van der Waals surface area contributed by atoms with E-state index in [4.69, 9.17) is 0 Å². The molecule has 3 rings (SSSR count). The fourth-order valence-corrected chi connectivity index (χ4v) is 3.13. The molecule has 2 N–H and O–H groups in total. The highest BCUT2D eigenvalue weighted by molar-refractivity contribution is 6.02. The third-order valence-corrected chi connectivity index (χ3v) is 4.69. The predicted octanol–water partition coefficient (Wildman–Crippen LogP) is 4.60. The Morgan fingerprint density at radius 2 is 1.72 bits per heavy atom. The zero-order valence-electron chi connectivity index (χ0n) is 15.0. The summed E-state index contributed by atoms with van der Waals surface area (Å²) in [5, 5.41) is 14.5. The van der Waals surface area contributed by atoms with Crippen molar-refractivity contribution in [3.05, 3.63) is 47.7 Å². The molecule has 1 aromatic heterocycles. The number of anilines is 2. The minimum atomic E-state index is -0.242. The predicted molar refractivity (Wildman–Crippen MR) is 101 cm³/mol. The first-order valence-electron chi connectivity index (χ1n) is 9.13. The van der Waals surface area contributed by atoms with Crippen molar-refractivity contribution in [1.29, 1.82) is 0 Å². The van der Waals surface area contributed by atoms with Crippen LogP contribution in [-0.2, 0) is 0 Å². The standard InChI is InChI=1S/C20H26N4O/c1-14(2)15-8-10-17(11-9-15)22-20(25)18-12-13-19(24-23-18)21-16-6-4-3-5-7-16/h8-14,16H,3-7H2,1-2H3,(H,21,24)(H,22,25). The highest BCUT2D eigenvalue weighted by Crippen LogP contribution is 2.21. The van der Waals surface area contributed by atoms with Crippen LogP contribution < -0.4 is 10.6 Å². The SMILES string of the molecule is CC(C)c1ccc(NC(=O)c2ccc(NC3CCCCC3)nn2)cc1. The van der Waals surface area contributed by atoms with Crippen molar-refractivity contribution >= 4 is 17.4 Å². The van der Waals surface area contributed by atoms with E-state index in [2.05, 4.69) is 34.7 Å². The number of carbonyl (C=O) groups excluding carboxylic acids is 1. The summed E-state index contributed by atoms with van der Waals surface area (Å²) >= 11 is 0. The molecule has 1 heterocycles. The Labute approximate surface area is 149 Å². The van der Waals surface area contributed by atoms with Gasteiger partial charge in [0, 0.05) is 11.7 Å². The number of nitrogens with zero attached hydrogens (tertiary/aromatic N) is 2. The number of hydrogen-bond acceptors (Lipinski definition) is 4. The maximum Gasteiger partial charge on any atom is 0.276 e. The summed E-state index contributed by atoms with van der Waals surface area (Å²) in [6, 6.07) is 11.9. The number of benzene rings is 1. The number of nitrogens with one attached hydrogen (secondary N) is 2. The summed E-state index contributed by atoms with van der Waals surface area (Å²) in [5.41, 5.74) is 2.33. The molecule has 1 saturated carbocycles. The molecular weight excluding hydrogens is 312 g/mol. The molecule has 1 aliphatic carbocycles. The van der Waals surface area contributed by atoms with E-state index in [0.29, 0.717) is 17.7 Å². The molecule has 1 aliphatic rings. The maximum atomic E-state index is 12.3. The van der Waals surface area contributed by atoms with Crippen LogP contribution in [-0.4, -0.2) is 22.1 Å². The number of hydrogen-bond donors (Lipinski definition) is 2. The third kappa shape index (κ3) is 4.78. The van der Waals surface area contributed by atoms with Crippen LogP contribution in [0.3, 0.4) is 0 Å². The molecule has 5 heteroatoms. The smallest absolute Gasteiger partial charge is 0.276 e. The minimum Gasteiger partial charge on any atom is -0.366 e. The lowest BCUT2D eigenvalue weighted by Gasteiger charge is -2.22. The van der Waals surface area contributed by atoms with Gasteiger partial charge in [0.15, 0.2) is 5.69 Å². The van der Waals surface area contributed by atoms with Crippen LogP contribution in [0.4, 0.5) is 11.5 Å². The van der Waals surface area contributed by atoms with E-state index in [9.17, 15) is 4.79 Å². The summed E-state index contributed by atoms with van der Waals surface area (Å²) in [5.74, 6) is 0.971. The molecule has 0 aliphatic heterocycles. The molecule has 1 fully saturated rings. The van der Waals surface area contributed by atoms with Crippen molar-refractivity contribution in [2.75, 3.05) is 10.6 Å². The molecule has 0 atom stereocenters. The van der Waals surface area contributed by atoms with Gasteiger partial charge < -0.3 is 10.6 Å². The van der Waals surface area contributed by atoms with E-state index in [1.54, 1.807) is 6.07 Å². The van der Waals surface area contributed by atoms with E-state index in [0.717, 1.165) is 11.5 Å². The van der Waals surface area contributed by atoms with E-state index < -0.39 is 0 Å². The summed E-state index contributed by atoms with van der Waals surface area (Å²) < 4.78 is 0. The van der Waals surface area contributed by atoms with Crippen LogP contribution in [0.25, 0.3) is 0 Å². The first-order valence-corrected chi connectivity index (χ1v) is 9.13. The lowest BCUT2D eigenvalue weighted by Crippen LogP contribution is -2.23. The molecule has 1 amide bonds. The molecule has 0 bridgehead atoms. The van der Waals surface area contributed by atoms with Gasteiger partial charge in [0.05, 0.1) is 0 Å². The van der Waals surface area contributed by atoms with Crippen molar-refractivity contribution in [2.45, 2.75) is 57.9 Å². The summed E-state index contributed by atoms with van der Waals surface area (Å²) in [7, 11) is 0. The van der Waals surface area contributed by atoms with Gasteiger partial charge in [-0.05, 0) is 48.6 Å². The molecule has 0 spiro atoms. The van der Waals surface area contributed by atoms with Crippen molar-refractivity contribution in [1.82, 2.24) is 10.2 Å². The van der Waals surface area contributed by atoms with Gasteiger partial charge in [-0.1, -0.05) is 45.2 Å². The van der Waals surface area contributed by atoms with Gasteiger partial charge in [-0.25, -0.2) is 0 Å². The average Bonchev–Trinajstić information content (AvgIpc) is 2.63. The van der Waals surface area contributed by atoms with Crippen LogP contribution in [0.5, 0.6) is 0 Å². The number of carbonyl (C=O) groups is 1. The molecule has 0 unspecified atom stereocenters. The van der Waals surface area contributed by atoms with Gasteiger partial charge in [0.2, 0.25) is 0 Å². The van der Waals surface area contributed by atoms with Crippen LogP contribution >= 0.6 is 0 Å². The molecule has 1 aromatic carbocycles. The van der Waals surface area contributed by atoms with E-state index in [1.807, 2.05) is 30.3 Å². The van der Waals surface area contributed by atoms with Gasteiger partial charge in [0.25, 0.3) is 5.91 Å². The van der Waals surface area contributed by atoms with Crippen molar-refractivity contribution in [3.8, 4) is 0 Å². The topological polar surface area (TPSA) is 66.9 Å². The average molecular weight is 338 g/mol. The summed E-state index contributed by atoms with van der Waals surface area (Å²) in [4.78, 5) is 12.3. The first kappa shape index (κ1) is 17.4. The van der Waals surface area contributed by atoms with Gasteiger partial charge in [-0.2, -0.15) is 0 Å². The second kappa shape index (κ2) is 8.10. The fraction of sp³-hybridized carbons (Fsp3) is 0.450. The molecule has 0 radical (unpaired) electrons. The first-order chi connectivity index (χ1) is 12.1. The Bertz CT molecular complexity index is 689. The Morgan fingerprint density at radius 3 is 2.32 bits per heavy atom. The van der Waals surface area contributed by atoms with E-state index >= 15 is 0 Å². The molecule has 0 saturated heterocycles. The van der Waals surface area contributed by atoms with Crippen LogP contribution in [0, 0.1) is 0 Å². The molecular formula is C20H26N4O. The number of aromatic nitrogens is 2. The van der Waals surface area contributed by atoms with Crippen LogP contribution in [0.1, 0.15) is 67.9 Å². The Hall–Kier alpha value is -2.43. The Kier molecular flexibility index (Phi) is 5.64. The molecule has 5 nitrogen and oxygen atoms in total. The van der Waals surface area contributed by atoms with Crippen molar-refractivity contribution in [3.63, 3.8) is 0 Å². The van der Waals surface area contributed by atoms with E-state index in [-0.39, 0.29) is 5.91 Å². The number of rotatable bonds is 5. The van der Waals surface area contributed by atoms with Crippen LogP contribution in [0.15, 0.2) is 36.4 Å². The van der Waals surface area contributed by atoms with Gasteiger partial charge >= 0.3 is 0 Å². The lowest BCUT2D eigenvalue weighted by atomic mass is 9.95. The third-order valence-electron chi connectivity index (χ3n) is 4.69. The van der Waals surface area contributed by atoms with Gasteiger partial charge in [-0.3, -0.25) is 4.79 Å². The zero-order valence-corrected chi connectivity index (χ0v) is 15.0. The summed E-state index contributed by atoms with van der Waals surface area (Å²) in [6.07, 6.45) is 6.20. The highest BCUT2D eigenvalue weighted by atomic mass is 16.1. The molecule has 132 valence electrons.